The topological polar surface area (TPSA) is 115 Å². The minimum Gasteiger partial charge on any atom is -0.495 e. The molecule has 0 bridgehead atoms. The highest BCUT2D eigenvalue weighted by Crippen LogP contribution is 2.45. The molecule has 176 valence electrons. The lowest BCUT2D eigenvalue weighted by atomic mass is 9.65. The Morgan fingerprint density at radius 2 is 1.85 bits per heavy atom. The Balaban J connectivity index is 1.92. The van der Waals surface area contributed by atoms with Crippen molar-refractivity contribution >= 4 is 32.7 Å². The Morgan fingerprint density at radius 3 is 2.47 bits per heavy atom. The number of methoxy groups -OCH3 is 2. The van der Waals surface area contributed by atoms with E-state index in [9.17, 15) is 23.3 Å². The molecule has 8 nitrogen and oxygen atoms in total. The van der Waals surface area contributed by atoms with E-state index in [1.54, 1.807) is 30.3 Å². The Hall–Kier alpha value is -3.64. The van der Waals surface area contributed by atoms with E-state index in [-0.39, 0.29) is 29.9 Å². The van der Waals surface area contributed by atoms with Gasteiger partial charge in [0.1, 0.15) is 23.0 Å². The first-order valence-electron chi connectivity index (χ1n) is 10.7. The molecule has 34 heavy (non-hydrogen) atoms. The van der Waals surface area contributed by atoms with Gasteiger partial charge in [0.15, 0.2) is 0 Å². The maximum atomic E-state index is 13.5. The minimum atomic E-state index is -3.96. The fraction of sp³-hybridized carbons (Fsp3) is 0.320. The Labute approximate surface area is 197 Å². The van der Waals surface area contributed by atoms with Crippen LogP contribution in [0.15, 0.2) is 53.6 Å². The van der Waals surface area contributed by atoms with E-state index in [1.807, 2.05) is 6.92 Å². The Bertz CT molecular complexity index is 1420. The molecule has 1 aliphatic rings. The molecular formula is C25H24N2O6S. The number of carbonyl (C=O) groups excluding carboxylic acids is 2. The second-order valence-corrected chi connectivity index (χ2v) is 10.3. The number of benzene rings is 2. The van der Waals surface area contributed by atoms with Gasteiger partial charge in [0.25, 0.3) is 10.0 Å². The number of carbonyl (C=O) groups is 2. The smallest absolute Gasteiger partial charge is 0.316 e. The summed E-state index contributed by atoms with van der Waals surface area (Å²) in [4.78, 5) is 24.8. The number of nitriles is 1. The molecule has 1 heterocycles. The zero-order valence-electron chi connectivity index (χ0n) is 19.1. The summed E-state index contributed by atoms with van der Waals surface area (Å²) in [7, 11) is -1.31. The molecule has 1 fully saturated rings. The molecule has 0 radical (unpaired) electrons. The number of aromatic nitrogens is 1. The molecule has 1 aromatic heterocycles. The van der Waals surface area contributed by atoms with Gasteiger partial charge in [-0.05, 0) is 49.6 Å². The lowest BCUT2D eigenvalue weighted by molar-refractivity contribution is -0.151. The zero-order valence-corrected chi connectivity index (χ0v) is 19.9. The predicted octanol–water partition coefficient (Wildman–Crippen LogP) is 3.50. The molecule has 1 aliphatic carbocycles. The summed E-state index contributed by atoms with van der Waals surface area (Å²) in [6.07, 6.45) is 1.66. The highest BCUT2D eigenvalue weighted by atomic mass is 32.2. The van der Waals surface area contributed by atoms with Gasteiger partial charge in [-0.15, -0.1) is 0 Å². The van der Waals surface area contributed by atoms with Crippen molar-refractivity contribution in [3.05, 3.63) is 59.8 Å². The van der Waals surface area contributed by atoms with Gasteiger partial charge in [-0.25, -0.2) is 12.4 Å². The van der Waals surface area contributed by atoms with Crippen molar-refractivity contribution in [3.63, 3.8) is 0 Å². The molecule has 0 aliphatic heterocycles. The zero-order chi connectivity index (χ0) is 24.7. The van der Waals surface area contributed by atoms with Crippen molar-refractivity contribution in [1.82, 2.24) is 3.97 Å². The first-order valence-corrected chi connectivity index (χ1v) is 12.1. The van der Waals surface area contributed by atoms with E-state index in [1.165, 1.54) is 32.5 Å². The number of fused-ring (bicyclic) bond motifs is 1. The second-order valence-electron chi connectivity index (χ2n) is 8.45. The monoisotopic (exact) mass is 480 g/mol. The molecule has 0 spiro atoms. The number of rotatable bonds is 5. The van der Waals surface area contributed by atoms with Crippen LogP contribution in [0, 0.1) is 24.2 Å². The molecule has 2 unspecified atom stereocenters. The fourth-order valence-electron chi connectivity index (χ4n) is 4.65. The Kier molecular flexibility index (Phi) is 5.96. The van der Waals surface area contributed by atoms with E-state index in [4.69, 9.17) is 9.47 Å². The second kappa shape index (κ2) is 8.61. The van der Waals surface area contributed by atoms with Crippen LogP contribution in [-0.4, -0.2) is 38.4 Å². The van der Waals surface area contributed by atoms with Crippen LogP contribution in [0.3, 0.4) is 0 Å². The number of hydrogen-bond donors (Lipinski definition) is 0. The summed E-state index contributed by atoms with van der Waals surface area (Å²) >= 11 is 0. The van der Waals surface area contributed by atoms with Crippen LogP contribution in [0.1, 0.15) is 30.4 Å². The Morgan fingerprint density at radius 1 is 1.15 bits per heavy atom. The molecule has 0 amide bonds. The van der Waals surface area contributed by atoms with E-state index >= 15 is 0 Å². The highest BCUT2D eigenvalue weighted by Gasteiger charge is 2.46. The van der Waals surface area contributed by atoms with E-state index in [2.05, 4.69) is 6.07 Å². The van der Waals surface area contributed by atoms with Gasteiger partial charge in [-0.3, -0.25) is 9.59 Å². The fourth-order valence-corrected chi connectivity index (χ4v) is 6.00. The number of ether oxygens (including phenoxy) is 2. The average Bonchev–Trinajstić information content (AvgIpc) is 3.30. The van der Waals surface area contributed by atoms with E-state index in [0.717, 1.165) is 9.54 Å². The van der Waals surface area contributed by atoms with Crippen molar-refractivity contribution < 1.29 is 27.5 Å². The molecule has 1 saturated carbocycles. The van der Waals surface area contributed by atoms with Crippen LogP contribution in [0.2, 0.25) is 0 Å². The first-order chi connectivity index (χ1) is 16.2. The SMILES string of the molecule is COC(=O)C1CC(C#N)(c2ccc(OC)c3c2ccn3S(=O)(=O)c2ccc(C)cc2)CCC1=O. The lowest BCUT2D eigenvalue weighted by Gasteiger charge is -2.34. The van der Waals surface area contributed by atoms with Crippen molar-refractivity contribution in [2.45, 2.75) is 36.5 Å². The third-order valence-corrected chi connectivity index (χ3v) is 8.22. The van der Waals surface area contributed by atoms with Crippen LogP contribution >= 0.6 is 0 Å². The molecule has 0 saturated heterocycles. The summed E-state index contributed by atoms with van der Waals surface area (Å²) in [6.45, 7) is 1.87. The number of ketones is 1. The number of hydrogen-bond acceptors (Lipinski definition) is 7. The van der Waals surface area contributed by atoms with Crippen molar-refractivity contribution in [2.75, 3.05) is 14.2 Å². The maximum Gasteiger partial charge on any atom is 0.316 e. The summed E-state index contributed by atoms with van der Waals surface area (Å²) in [5.41, 5.74) is 0.600. The lowest BCUT2D eigenvalue weighted by Crippen LogP contribution is -2.40. The summed E-state index contributed by atoms with van der Waals surface area (Å²) < 4.78 is 38.4. The van der Waals surface area contributed by atoms with Crippen molar-refractivity contribution in [3.8, 4) is 11.8 Å². The van der Waals surface area contributed by atoms with Gasteiger partial charge in [-0.1, -0.05) is 23.8 Å². The molecule has 2 aromatic carbocycles. The van der Waals surface area contributed by atoms with Gasteiger partial charge < -0.3 is 9.47 Å². The van der Waals surface area contributed by atoms with Crippen molar-refractivity contribution in [2.24, 2.45) is 5.92 Å². The predicted molar refractivity (Wildman–Crippen MR) is 124 cm³/mol. The van der Waals surface area contributed by atoms with E-state index in [0.29, 0.717) is 22.2 Å². The van der Waals surface area contributed by atoms with E-state index < -0.39 is 27.3 Å². The summed E-state index contributed by atoms with van der Waals surface area (Å²) in [5, 5.41) is 10.7. The van der Waals surface area contributed by atoms with Gasteiger partial charge in [0.05, 0.1) is 30.6 Å². The molecule has 4 rings (SSSR count). The maximum absolute atomic E-state index is 13.5. The summed E-state index contributed by atoms with van der Waals surface area (Å²) in [5.74, 6) is -1.66. The molecule has 0 N–H and O–H groups in total. The van der Waals surface area contributed by atoms with Gasteiger partial charge in [-0.2, -0.15) is 5.26 Å². The van der Waals surface area contributed by atoms with Crippen LogP contribution < -0.4 is 4.74 Å². The standard InChI is InChI=1S/C25H24N2O6S/c1-16-4-6-17(7-5-16)34(30,31)27-13-11-18-20(8-9-22(32-2)23(18)27)25(15-26)12-10-21(28)19(14-25)24(29)33-3/h4-9,11,13,19H,10,12,14H2,1-3H3. The van der Waals surface area contributed by atoms with Gasteiger partial charge in [0, 0.05) is 18.0 Å². The number of nitrogens with zero attached hydrogens (tertiary/aromatic N) is 2. The first kappa shape index (κ1) is 23.5. The number of aryl methyl sites for hydroxylation is 1. The van der Waals surface area contributed by atoms with Crippen LogP contribution in [0.5, 0.6) is 5.75 Å². The third kappa shape index (κ3) is 3.64. The average molecular weight is 481 g/mol. The molecule has 2 atom stereocenters. The van der Waals surface area contributed by atoms with Crippen LogP contribution in [-0.2, 0) is 29.8 Å². The number of esters is 1. The largest absolute Gasteiger partial charge is 0.495 e. The van der Waals surface area contributed by atoms with Crippen LogP contribution in [0.25, 0.3) is 10.9 Å². The molecular weight excluding hydrogens is 456 g/mol. The molecule has 9 heteroatoms. The quantitative estimate of drug-likeness (QED) is 0.405. The third-order valence-electron chi connectivity index (χ3n) is 6.53. The molecule has 3 aromatic rings. The van der Waals surface area contributed by atoms with Gasteiger partial charge >= 0.3 is 5.97 Å². The van der Waals surface area contributed by atoms with Crippen molar-refractivity contribution in [1.29, 1.82) is 5.26 Å². The highest BCUT2D eigenvalue weighted by molar-refractivity contribution is 7.90. The van der Waals surface area contributed by atoms with Crippen LogP contribution in [0.4, 0.5) is 0 Å². The number of Topliss-reactive ketones (excluding diaryl/α,β-unsaturated/α-hetero) is 1. The van der Waals surface area contributed by atoms with Gasteiger partial charge in [0.2, 0.25) is 0 Å². The summed E-state index contributed by atoms with van der Waals surface area (Å²) in [6, 6.07) is 13.8. The minimum absolute atomic E-state index is 0.0354. The normalized spacial score (nSPS) is 20.6.